The van der Waals surface area contributed by atoms with Crippen molar-refractivity contribution in [2.75, 3.05) is 19.0 Å². The Bertz CT molecular complexity index is 985. The first-order chi connectivity index (χ1) is 14.6. The summed E-state index contributed by atoms with van der Waals surface area (Å²) in [7, 11) is 1.77. The first kappa shape index (κ1) is 21.1. The number of nitrogens with one attached hydrogen (secondary N) is 1. The zero-order valence-electron chi connectivity index (χ0n) is 17.3. The molecule has 0 unspecified atom stereocenters. The van der Waals surface area contributed by atoms with E-state index in [0.29, 0.717) is 30.0 Å². The molecule has 0 aliphatic rings. The van der Waals surface area contributed by atoms with E-state index in [-0.39, 0.29) is 11.8 Å². The Labute approximate surface area is 177 Å². The van der Waals surface area contributed by atoms with E-state index in [2.05, 4.69) is 5.32 Å². The van der Waals surface area contributed by atoms with Crippen LogP contribution in [0, 0.1) is 0 Å². The van der Waals surface area contributed by atoms with Gasteiger partial charge in [-0.2, -0.15) is 0 Å². The molecule has 0 saturated heterocycles. The van der Waals surface area contributed by atoms with Gasteiger partial charge in [0.1, 0.15) is 5.75 Å². The average Bonchev–Trinajstić information content (AvgIpc) is 2.78. The molecule has 0 bridgehead atoms. The zero-order chi connectivity index (χ0) is 21.3. The maximum absolute atomic E-state index is 12.8. The molecule has 0 aromatic heterocycles. The standard InChI is InChI=1S/C25H26N2O3/c1-3-16-30-23-14-12-20(13-15-23)24(28)26-22-11-7-10-21(17-22)25(29)27(2)18-19-8-5-4-6-9-19/h4-15,17H,3,16,18H2,1-2H3,(H,26,28). The maximum atomic E-state index is 12.8. The van der Waals surface area contributed by atoms with Gasteiger partial charge in [-0.3, -0.25) is 9.59 Å². The van der Waals surface area contributed by atoms with Crippen LogP contribution in [0.2, 0.25) is 0 Å². The van der Waals surface area contributed by atoms with Gasteiger partial charge in [-0.1, -0.05) is 43.3 Å². The van der Waals surface area contributed by atoms with Crippen LogP contribution >= 0.6 is 0 Å². The summed E-state index contributed by atoms with van der Waals surface area (Å²) in [6, 6.07) is 23.8. The highest BCUT2D eigenvalue weighted by Gasteiger charge is 2.13. The highest BCUT2D eigenvalue weighted by molar-refractivity contribution is 6.05. The van der Waals surface area contributed by atoms with Gasteiger partial charge in [0.2, 0.25) is 0 Å². The molecule has 0 atom stereocenters. The summed E-state index contributed by atoms with van der Waals surface area (Å²) in [4.78, 5) is 27.0. The number of hydrogen-bond donors (Lipinski definition) is 1. The van der Waals surface area contributed by atoms with Crippen molar-refractivity contribution in [3.05, 3.63) is 95.6 Å². The minimum absolute atomic E-state index is 0.104. The van der Waals surface area contributed by atoms with E-state index in [1.54, 1.807) is 60.5 Å². The van der Waals surface area contributed by atoms with E-state index in [4.69, 9.17) is 4.74 Å². The van der Waals surface area contributed by atoms with Gasteiger partial charge >= 0.3 is 0 Å². The van der Waals surface area contributed by atoms with Crippen molar-refractivity contribution < 1.29 is 14.3 Å². The van der Waals surface area contributed by atoms with Crippen LogP contribution in [0.4, 0.5) is 5.69 Å². The number of anilines is 1. The predicted molar refractivity (Wildman–Crippen MR) is 119 cm³/mol. The molecule has 154 valence electrons. The average molecular weight is 402 g/mol. The summed E-state index contributed by atoms with van der Waals surface area (Å²) in [5, 5.41) is 2.85. The molecule has 0 aliphatic heterocycles. The number of benzene rings is 3. The van der Waals surface area contributed by atoms with E-state index in [1.807, 2.05) is 37.3 Å². The lowest BCUT2D eigenvalue weighted by atomic mass is 10.1. The van der Waals surface area contributed by atoms with Crippen LogP contribution in [0.15, 0.2) is 78.9 Å². The number of hydrogen-bond acceptors (Lipinski definition) is 3. The van der Waals surface area contributed by atoms with Crippen molar-refractivity contribution >= 4 is 17.5 Å². The minimum Gasteiger partial charge on any atom is -0.494 e. The molecule has 5 nitrogen and oxygen atoms in total. The lowest BCUT2D eigenvalue weighted by molar-refractivity contribution is 0.0784. The van der Waals surface area contributed by atoms with Gasteiger partial charge in [0.15, 0.2) is 0 Å². The van der Waals surface area contributed by atoms with Crippen LogP contribution < -0.4 is 10.1 Å². The Balaban J connectivity index is 1.64. The number of carbonyl (C=O) groups excluding carboxylic acids is 2. The van der Waals surface area contributed by atoms with Gasteiger partial charge in [-0.25, -0.2) is 0 Å². The fourth-order valence-electron chi connectivity index (χ4n) is 3.01. The maximum Gasteiger partial charge on any atom is 0.255 e. The summed E-state index contributed by atoms with van der Waals surface area (Å²) < 4.78 is 5.54. The van der Waals surface area contributed by atoms with Crippen molar-refractivity contribution in [2.24, 2.45) is 0 Å². The molecule has 0 aliphatic carbocycles. The molecule has 3 aromatic carbocycles. The third-order valence-electron chi connectivity index (χ3n) is 4.57. The third-order valence-corrected chi connectivity index (χ3v) is 4.57. The Morgan fingerprint density at radius 3 is 2.33 bits per heavy atom. The molecular formula is C25H26N2O3. The molecule has 0 saturated carbocycles. The fourth-order valence-corrected chi connectivity index (χ4v) is 3.01. The molecule has 1 N–H and O–H groups in total. The predicted octanol–water partition coefficient (Wildman–Crippen LogP) is 5.00. The lowest BCUT2D eigenvalue weighted by Crippen LogP contribution is -2.26. The summed E-state index contributed by atoms with van der Waals surface area (Å²) in [5.41, 5.74) is 2.68. The second kappa shape index (κ2) is 10.3. The molecule has 0 heterocycles. The van der Waals surface area contributed by atoms with E-state index < -0.39 is 0 Å². The molecule has 3 rings (SSSR count). The largest absolute Gasteiger partial charge is 0.494 e. The first-order valence-corrected chi connectivity index (χ1v) is 10.0. The quantitative estimate of drug-likeness (QED) is 0.577. The van der Waals surface area contributed by atoms with E-state index >= 15 is 0 Å². The number of rotatable bonds is 8. The summed E-state index contributed by atoms with van der Waals surface area (Å²) in [6.45, 7) is 3.20. The van der Waals surface area contributed by atoms with Crippen molar-refractivity contribution in [1.82, 2.24) is 4.90 Å². The Kier molecular flexibility index (Phi) is 7.22. The highest BCUT2D eigenvalue weighted by Crippen LogP contribution is 2.17. The Hall–Kier alpha value is -3.60. The zero-order valence-corrected chi connectivity index (χ0v) is 17.3. The summed E-state index contributed by atoms with van der Waals surface area (Å²) >= 11 is 0. The van der Waals surface area contributed by atoms with Crippen molar-refractivity contribution in [2.45, 2.75) is 19.9 Å². The summed E-state index contributed by atoms with van der Waals surface area (Å²) in [5.74, 6) is 0.397. The van der Waals surface area contributed by atoms with Gasteiger partial charge in [-0.05, 0) is 54.4 Å². The van der Waals surface area contributed by atoms with Crippen molar-refractivity contribution in [3.8, 4) is 5.75 Å². The van der Waals surface area contributed by atoms with Crippen LogP contribution in [-0.4, -0.2) is 30.4 Å². The molecule has 5 heteroatoms. The van der Waals surface area contributed by atoms with Crippen LogP contribution in [0.3, 0.4) is 0 Å². The number of ether oxygens (including phenoxy) is 1. The van der Waals surface area contributed by atoms with Gasteiger partial charge in [0, 0.05) is 30.4 Å². The molecule has 30 heavy (non-hydrogen) atoms. The van der Waals surface area contributed by atoms with Gasteiger partial charge in [0.05, 0.1) is 6.61 Å². The monoisotopic (exact) mass is 402 g/mol. The smallest absolute Gasteiger partial charge is 0.255 e. The van der Waals surface area contributed by atoms with Gasteiger partial charge < -0.3 is 15.0 Å². The highest BCUT2D eigenvalue weighted by atomic mass is 16.5. The molecule has 3 aromatic rings. The number of amides is 2. The van der Waals surface area contributed by atoms with Crippen molar-refractivity contribution in [3.63, 3.8) is 0 Å². The van der Waals surface area contributed by atoms with Crippen LogP contribution in [-0.2, 0) is 6.54 Å². The van der Waals surface area contributed by atoms with E-state index in [1.165, 1.54) is 0 Å². The minimum atomic E-state index is -0.237. The first-order valence-electron chi connectivity index (χ1n) is 10.0. The van der Waals surface area contributed by atoms with Gasteiger partial charge in [-0.15, -0.1) is 0 Å². The second-order valence-corrected chi connectivity index (χ2v) is 7.05. The van der Waals surface area contributed by atoms with Crippen LogP contribution in [0.25, 0.3) is 0 Å². The fraction of sp³-hybridized carbons (Fsp3) is 0.200. The summed E-state index contributed by atoms with van der Waals surface area (Å²) in [6.07, 6.45) is 0.928. The number of nitrogens with zero attached hydrogens (tertiary/aromatic N) is 1. The Morgan fingerprint density at radius 1 is 0.900 bits per heavy atom. The Morgan fingerprint density at radius 2 is 1.63 bits per heavy atom. The second-order valence-electron chi connectivity index (χ2n) is 7.05. The molecule has 0 radical (unpaired) electrons. The topological polar surface area (TPSA) is 58.6 Å². The lowest BCUT2D eigenvalue weighted by Gasteiger charge is -2.18. The third kappa shape index (κ3) is 5.70. The van der Waals surface area contributed by atoms with Crippen molar-refractivity contribution in [1.29, 1.82) is 0 Å². The SMILES string of the molecule is CCCOc1ccc(C(=O)Nc2cccc(C(=O)N(C)Cc3ccccc3)c2)cc1. The molecule has 2 amide bonds. The molecular weight excluding hydrogens is 376 g/mol. The molecule has 0 fully saturated rings. The van der Waals surface area contributed by atoms with Crippen LogP contribution in [0.5, 0.6) is 5.75 Å². The van der Waals surface area contributed by atoms with E-state index in [0.717, 1.165) is 17.7 Å². The normalized spacial score (nSPS) is 10.3. The number of carbonyl (C=O) groups is 2. The van der Waals surface area contributed by atoms with E-state index in [9.17, 15) is 9.59 Å². The van der Waals surface area contributed by atoms with Gasteiger partial charge in [0.25, 0.3) is 11.8 Å². The van der Waals surface area contributed by atoms with Crippen LogP contribution in [0.1, 0.15) is 39.6 Å². The molecule has 0 spiro atoms.